The summed E-state index contributed by atoms with van der Waals surface area (Å²) >= 11 is 0. The van der Waals surface area contributed by atoms with Crippen molar-refractivity contribution in [1.82, 2.24) is 5.32 Å². The molecule has 0 aromatic rings. The first kappa shape index (κ1) is 73.3. The second-order valence-electron chi connectivity index (χ2n) is 23.5. The lowest BCUT2D eigenvalue weighted by Gasteiger charge is -2.20. The Bertz CT molecular complexity index is 1170. The van der Waals surface area contributed by atoms with Gasteiger partial charge >= 0.3 is 5.97 Å². The van der Waals surface area contributed by atoms with Gasteiger partial charge in [0.15, 0.2) is 0 Å². The van der Waals surface area contributed by atoms with E-state index in [1.165, 1.54) is 315 Å². The van der Waals surface area contributed by atoms with Crippen molar-refractivity contribution in [3.05, 3.63) is 24.3 Å². The maximum atomic E-state index is 12.5. The highest BCUT2D eigenvalue weighted by Crippen LogP contribution is 2.18. The number of allylic oxidation sites excluding steroid dienone is 3. The summed E-state index contributed by atoms with van der Waals surface area (Å²) in [6.07, 6.45) is 81.2. The van der Waals surface area contributed by atoms with E-state index in [0.29, 0.717) is 19.4 Å². The smallest absolute Gasteiger partial charge is 0.305 e. The molecule has 0 bridgehead atoms. The first-order chi connectivity index (χ1) is 37.0. The van der Waals surface area contributed by atoms with Crippen molar-refractivity contribution in [2.45, 2.75) is 392 Å². The van der Waals surface area contributed by atoms with E-state index in [1.54, 1.807) is 6.08 Å². The van der Waals surface area contributed by atoms with E-state index < -0.39 is 12.1 Å². The highest BCUT2D eigenvalue weighted by atomic mass is 16.5. The fraction of sp³-hybridized carbons (Fsp3) is 0.913. The molecule has 0 saturated carbocycles. The van der Waals surface area contributed by atoms with Gasteiger partial charge in [-0.3, -0.25) is 9.59 Å². The number of unbranched alkanes of at least 4 members (excludes halogenated alkanes) is 51. The predicted molar refractivity (Wildman–Crippen MR) is 329 cm³/mol. The number of carbonyl (C=O) groups is 2. The van der Waals surface area contributed by atoms with E-state index in [9.17, 15) is 19.8 Å². The van der Waals surface area contributed by atoms with Gasteiger partial charge in [0.25, 0.3) is 0 Å². The standard InChI is InChI=1S/C69H133NO5/c1-3-5-7-9-11-13-15-38-41-45-49-53-57-61-67(72)66(65-71)70-68(73)62-58-54-50-46-42-39-36-34-32-30-28-26-24-22-20-18-17-19-21-23-25-27-29-31-33-35-37-40-44-48-52-56-60-64-75-69(74)63-59-55-51-47-43-16-14-12-10-8-6-4-2/h21,23,57,61,66-67,71-72H,3-20,22,24-56,58-60,62-65H2,1-2H3,(H,70,73)/b23-21-,61-57+. The second-order valence-corrected chi connectivity index (χ2v) is 23.5. The topological polar surface area (TPSA) is 95.9 Å². The minimum Gasteiger partial charge on any atom is -0.466 e. The number of ether oxygens (including phenoxy) is 1. The van der Waals surface area contributed by atoms with Crippen molar-refractivity contribution in [1.29, 1.82) is 0 Å². The number of carbonyl (C=O) groups excluding carboxylic acids is 2. The summed E-state index contributed by atoms with van der Waals surface area (Å²) in [6.45, 7) is 4.92. The molecule has 2 unspecified atom stereocenters. The number of hydrogen-bond donors (Lipinski definition) is 3. The molecule has 444 valence electrons. The normalized spacial score (nSPS) is 12.6. The van der Waals surface area contributed by atoms with E-state index in [4.69, 9.17) is 4.74 Å². The quantitative estimate of drug-likeness (QED) is 0.0320. The SMILES string of the molecule is CCCCCCCCCCCCC/C=C/C(O)C(CO)NC(=O)CCCCCCCCCCCCCCCCCCC/C=C\CCCCCCCCCCCCCCOC(=O)CCCCCCCCCCCCCC. The van der Waals surface area contributed by atoms with Gasteiger partial charge in [-0.2, -0.15) is 0 Å². The molecule has 3 N–H and O–H groups in total. The van der Waals surface area contributed by atoms with Gasteiger partial charge in [-0.1, -0.05) is 334 Å². The van der Waals surface area contributed by atoms with Crippen LogP contribution in [0.5, 0.6) is 0 Å². The molecule has 0 aliphatic heterocycles. The van der Waals surface area contributed by atoms with Crippen molar-refractivity contribution in [3.63, 3.8) is 0 Å². The molecule has 0 aromatic heterocycles. The molecular weight excluding hydrogens is 923 g/mol. The van der Waals surface area contributed by atoms with Crippen molar-refractivity contribution in [2.24, 2.45) is 0 Å². The molecule has 0 spiro atoms. The van der Waals surface area contributed by atoms with E-state index >= 15 is 0 Å². The molecule has 0 fully saturated rings. The number of nitrogens with one attached hydrogen (secondary N) is 1. The Morgan fingerprint density at radius 1 is 0.360 bits per heavy atom. The van der Waals surface area contributed by atoms with Gasteiger partial charge in [0.1, 0.15) is 0 Å². The maximum Gasteiger partial charge on any atom is 0.305 e. The van der Waals surface area contributed by atoms with Gasteiger partial charge in [0.2, 0.25) is 5.91 Å². The Kier molecular flexibility index (Phi) is 63.4. The molecule has 2 atom stereocenters. The molecule has 75 heavy (non-hydrogen) atoms. The number of hydrogen-bond acceptors (Lipinski definition) is 5. The number of rotatable bonds is 64. The van der Waals surface area contributed by atoms with E-state index in [1.807, 2.05) is 6.08 Å². The summed E-state index contributed by atoms with van der Waals surface area (Å²) < 4.78 is 5.48. The minimum absolute atomic E-state index is 0.0195. The highest BCUT2D eigenvalue weighted by Gasteiger charge is 2.18. The van der Waals surface area contributed by atoms with Crippen LogP contribution in [0.1, 0.15) is 380 Å². The average Bonchev–Trinajstić information content (AvgIpc) is 3.41. The predicted octanol–water partition coefficient (Wildman–Crippen LogP) is 21.8. The number of esters is 1. The fourth-order valence-corrected chi connectivity index (χ4v) is 10.7. The molecule has 0 heterocycles. The monoisotopic (exact) mass is 1060 g/mol. The molecule has 0 aliphatic rings. The lowest BCUT2D eigenvalue weighted by Crippen LogP contribution is -2.45. The van der Waals surface area contributed by atoms with Gasteiger partial charge in [-0.05, 0) is 57.8 Å². The summed E-state index contributed by atoms with van der Waals surface area (Å²) in [5, 5.41) is 23.1. The van der Waals surface area contributed by atoms with Crippen LogP contribution in [0.2, 0.25) is 0 Å². The molecule has 0 saturated heterocycles. The molecule has 0 radical (unpaired) electrons. The van der Waals surface area contributed by atoms with Gasteiger partial charge < -0.3 is 20.3 Å². The second kappa shape index (κ2) is 64.9. The van der Waals surface area contributed by atoms with Gasteiger partial charge in [-0.15, -0.1) is 0 Å². The molecule has 1 amide bonds. The van der Waals surface area contributed by atoms with Crippen LogP contribution in [0, 0.1) is 0 Å². The van der Waals surface area contributed by atoms with Gasteiger partial charge in [0.05, 0.1) is 25.4 Å². The van der Waals surface area contributed by atoms with Crippen molar-refractivity contribution >= 4 is 11.9 Å². The average molecular weight is 1060 g/mol. The van der Waals surface area contributed by atoms with Crippen LogP contribution in [-0.2, 0) is 14.3 Å². The number of amides is 1. The van der Waals surface area contributed by atoms with Crippen LogP contribution in [0.15, 0.2) is 24.3 Å². The summed E-state index contributed by atoms with van der Waals surface area (Å²) in [5.74, 6) is -0.0439. The first-order valence-electron chi connectivity index (χ1n) is 34.1. The number of aliphatic hydroxyl groups is 2. The maximum absolute atomic E-state index is 12.5. The summed E-state index contributed by atoms with van der Waals surface area (Å²) in [5.41, 5.74) is 0. The first-order valence-corrected chi connectivity index (χ1v) is 34.1. The van der Waals surface area contributed by atoms with E-state index in [-0.39, 0.29) is 18.5 Å². The van der Waals surface area contributed by atoms with Crippen LogP contribution >= 0.6 is 0 Å². The van der Waals surface area contributed by atoms with E-state index in [2.05, 4.69) is 31.3 Å². The lowest BCUT2D eigenvalue weighted by molar-refractivity contribution is -0.143. The third-order valence-electron chi connectivity index (χ3n) is 16.0. The largest absolute Gasteiger partial charge is 0.466 e. The minimum atomic E-state index is -0.841. The Morgan fingerprint density at radius 2 is 0.627 bits per heavy atom. The summed E-state index contributed by atoms with van der Waals surface area (Å²) in [7, 11) is 0. The van der Waals surface area contributed by atoms with Gasteiger partial charge in [0, 0.05) is 12.8 Å². The van der Waals surface area contributed by atoms with Crippen LogP contribution in [0.4, 0.5) is 0 Å². The molecule has 6 nitrogen and oxygen atoms in total. The molecule has 6 heteroatoms. The lowest BCUT2D eigenvalue weighted by atomic mass is 10.0. The van der Waals surface area contributed by atoms with E-state index in [0.717, 1.165) is 38.5 Å². The third-order valence-corrected chi connectivity index (χ3v) is 16.0. The Morgan fingerprint density at radius 3 is 0.947 bits per heavy atom. The Hall–Kier alpha value is -1.66. The summed E-state index contributed by atoms with van der Waals surface area (Å²) in [4.78, 5) is 24.5. The zero-order valence-electron chi connectivity index (χ0n) is 50.8. The third kappa shape index (κ3) is 61.4. The van der Waals surface area contributed by atoms with Crippen LogP contribution in [0.25, 0.3) is 0 Å². The van der Waals surface area contributed by atoms with Gasteiger partial charge in [-0.25, -0.2) is 0 Å². The van der Waals surface area contributed by atoms with Crippen LogP contribution in [0.3, 0.4) is 0 Å². The zero-order valence-corrected chi connectivity index (χ0v) is 50.8. The Balaban J connectivity index is 3.35. The van der Waals surface area contributed by atoms with Crippen molar-refractivity contribution < 1.29 is 24.5 Å². The molecule has 0 aromatic carbocycles. The fourth-order valence-electron chi connectivity index (χ4n) is 10.7. The van der Waals surface area contributed by atoms with Crippen molar-refractivity contribution in [3.8, 4) is 0 Å². The summed E-state index contributed by atoms with van der Waals surface area (Å²) in [6, 6.07) is -0.624. The molecule has 0 rings (SSSR count). The highest BCUT2D eigenvalue weighted by molar-refractivity contribution is 5.76. The molecule has 0 aliphatic carbocycles. The zero-order chi connectivity index (χ0) is 54.3. The Labute approximate surface area is 469 Å². The number of aliphatic hydroxyl groups excluding tert-OH is 2. The van der Waals surface area contributed by atoms with Crippen molar-refractivity contribution in [2.75, 3.05) is 13.2 Å². The molecular formula is C69H133NO5. The van der Waals surface area contributed by atoms with Crippen LogP contribution < -0.4 is 5.32 Å². The van der Waals surface area contributed by atoms with Crippen LogP contribution in [-0.4, -0.2) is 47.4 Å².